The Labute approximate surface area is 102 Å². The highest BCUT2D eigenvalue weighted by molar-refractivity contribution is 5.81. The van der Waals surface area contributed by atoms with Crippen molar-refractivity contribution < 1.29 is 27.5 Å². The molecule has 2 atom stereocenters. The Bertz CT molecular complexity index is 333. The number of carbonyl (C=O) groups is 2. The molecule has 0 spiro atoms. The SMILES string of the molecule is C[C@@H]1CN(C(=O)COCC(F)(F)F)C[C@H]1C(N)=O. The zero-order valence-corrected chi connectivity index (χ0v) is 9.87. The quantitative estimate of drug-likeness (QED) is 0.788. The molecule has 1 fully saturated rings. The van der Waals surface area contributed by atoms with Crippen LogP contribution < -0.4 is 5.73 Å². The van der Waals surface area contributed by atoms with E-state index in [4.69, 9.17) is 5.73 Å². The third kappa shape index (κ3) is 4.17. The van der Waals surface area contributed by atoms with E-state index in [1.165, 1.54) is 4.90 Å². The number of nitrogens with zero attached hydrogens (tertiary/aromatic N) is 1. The van der Waals surface area contributed by atoms with Crippen molar-refractivity contribution in [3.63, 3.8) is 0 Å². The van der Waals surface area contributed by atoms with Gasteiger partial charge in [-0.05, 0) is 5.92 Å². The molecule has 1 aliphatic heterocycles. The molecule has 0 aromatic heterocycles. The van der Waals surface area contributed by atoms with Gasteiger partial charge in [-0.3, -0.25) is 9.59 Å². The summed E-state index contributed by atoms with van der Waals surface area (Å²) in [4.78, 5) is 23.9. The number of ether oxygens (including phenoxy) is 1. The number of carbonyl (C=O) groups excluding carboxylic acids is 2. The summed E-state index contributed by atoms with van der Waals surface area (Å²) >= 11 is 0. The molecule has 104 valence electrons. The molecule has 0 aliphatic carbocycles. The van der Waals surface area contributed by atoms with Gasteiger partial charge in [0.2, 0.25) is 11.8 Å². The van der Waals surface area contributed by atoms with Gasteiger partial charge < -0.3 is 15.4 Å². The predicted molar refractivity (Wildman–Crippen MR) is 55.3 cm³/mol. The second-order valence-electron chi connectivity index (χ2n) is 4.39. The van der Waals surface area contributed by atoms with Crippen molar-refractivity contribution in [2.45, 2.75) is 13.1 Å². The maximum atomic E-state index is 11.8. The summed E-state index contributed by atoms with van der Waals surface area (Å²) in [5, 5.41) is 0. The minimum absolute atomic E-state index is 0.0888. The van der Waals surface area contributed by atoms with Crippen LogP contribution in [0.2, 0.25) is 0 Å². The molecular formula is C10H15F3N2O3. The summed E-state index contributed by atoms with van der Waals surface area (Å²) in [6, 6.07) is 0. The average Bonchev–Trinajstić information content (AvgIpc) is 2.58. The largest absolute Gasteiger partial charge is 0.411 e. The van der Waals surface area contributed by atoms with Gasteiger partial charge in [0.05, 0.1) is 5.92 Å². The van der Waals surface area contributed by atoms with E-state index in [1.807, 2.05) is 0 Å². The van der Waals surface area contributed by atoms with Crippen molar-refractivity contribution in [2.24, 2.45) is 17.6 Å². The molecule has 8 heteroatoms. The third-order valence-corrected chi connectivity index (χ3v) is 2.82. The van der Waals surface area contributed by atoms with Crippen LogP contribution in [0, 0.1) is 11.8 Å². The molecule has 2 amide bonds. The summed E-state index contributed by atoms with van der Waals surface area (Å²) in [7, 11) is 0. The molecule has 0 aromatic rings. The monoisotopic (exact) mass is 268 g/mol. The number of hydrogen-bond donors (Lipinski definition) is 1. The van der Waals surface area contributed by atoms with E-state index in [9.17, 15) is 22.8 Å². The van der Waals surface area contributed by atoms with Gasteiger partial charge >= 0.3 is 6.18 Å². The zero-order chi connectivity index (χ0) is 13.9. The van der Waals surface area contributed by atoms with Gasteiger partial charge in [-0.2, -0.15) is 13.2 Å². The van der Waals surface area contributed by atoms with Crippen molar-refractivity contribution in [3.8, 4) is 0 Å². The molecule has 2 N–H and O–H groups in total. The van der Waals surface area contributed by atoms with Crippen LogP contribution in [0.3, 0.4) is 0 Å². The van der Waals surface area contributed by atoms with Crippen LogP contribution >= 0.6 is 0 Å². The van der Waals surface area contributed by atoms with E-state index in [-0.39, 0.29) is 12.5 Å². The highest BCUT2D eigenvalue weighted by Gasteiger charge is 2.36. The van der Waals surface area contributed by atoms with E-state index >= 15 is 0 Å². The lowest BCUT2D eigenvalue weighted by atomic mass is 9.98. The minimum Gasteiger partial charge on any atom is -0.369 e. The van der Waals surface area contributed by atoms with Gasteiger partial charge in [-0.15, -0.1) is 0 Å². The maximum absolute atomic E-state index is 11.8. The first-order valence-corrected chi connectivity index (χ1v) is 5.42. The fourth-order valence-corrected chi connectivity index (χ4v) is 1.89. The summed E-state index contributed by atoms with van der Waals surface area (Å²) in [6.07, 6.45) is -4.45. The number of primary amides is 1. The Hall–Kier alpha value is -1.31. The van der Waals surface area contributed by atoms with Gasteiger partial charge in [0.15, 0.2) is 0 Å². The fraction of sp³-hybridized carbons (Fsp3) is 0.800. The molecule has 1 rings (SSSR count). The van der Waals surface area contributed by atoms with E-state index in [0.717, 1.165) is 0 Å². The summed E-state index contributed by atoms with van der Waals surface area (Å²) in [5.74, 6) is -1.60. The van der Waals surface area contributed by atoms with Crippen LogP contribution in [-0.2, 0) is 14.3 Å². The number of hydrogen-bond acceptors (Lipinski definition) is 3. The fourth-order valence-electron chi connectivity index (χ4n) is 1.89. The van der Waals surface area contributed by atoms with Gasteiger partial charge in [0.25, 0.3) is 0 Å². The molecule has 0 aromatic carbocycles. The molecule has 0 bridgehead atoms. The third-order valence-electron chi connectivity index (χ3n) is 2.82. The van der Waals surface area contributed by atoms with Crippen LogP contribution in [0.15, 0.2) is 0 Å². The number of alkyl halides is 3. The molecular weight excluding hydrogens is 253 g/mol. The lowest BCUT2D eigenvalue weighted by Crippen LogP contribution is -2.35. The molecule has 0 saturated carbocycles. The average molecular weight is 268 g/mol. The number of rotatable bonds is 4. The Kier molecular flexibility index (Phi) is 4.55. The van der Waals surface area contributed by atoms with Gasteiger partial charge in [0, 0.05) is 13.1 Å². The molecule has 18 heavy (non-hydrogen) atoms. The maximum Gasteiger partial charge on any atom is 0.411 e. The molecule has 0 unspecified atom stereocenters. The number of nitrogens with two attached hydrogens (primary N) is 1. The normalized spacial score (nSPS) is 24.3. The van der Waals surface area contributed by atoms with Crippen LogP contribution in [0.25, 0.3) is 0 Å². The van der Waals surface area contributed by atoms with Crippen LogP contribution in [0.1, 0.15) is 6.92 Å². The van der Waals surface area contributed by atoms with Crippen molar-refractivity contribution in [1.82, 2.24) is 4.90 Å². The number of halogens is 3. The molecule has 5 nitrogen and oxygen atoms in total. The lowest BCUT2D eigenvalue weighted by molar-refractivity contribution is -0.177. The van der Waals surface area contributed by atoms with Crippen LogP contribution in [0.4, 0.5) is 13.2 Å². The lowest BCUT2D eigenvalue weighted by Gasteiger charge is -2.16. The van der Waals surface area contributed by atoms with Crippen molar-refractivity contribution in [1.29, 1.82) is 0 Å². The van der Waals surface area contributed by atoms with E-state index < -0.39 is 37.1 Å². The Balaban J connectivity index is 2.38. The van der Waals surface area contributed by atoms with Crippen LogP contribution in [0.5, 0.6) is 0 Å². The number of likely N-dealkylation sites (tertiary alicyclic amines) is 1. The van der Waals surface area contributed by atoms with E-state index in [1.54, 1.807) is 6.92 Å². The van der Waals surface area contributed by atoms with Gasteiger partial charge in [0.1, 0.15) is 13.2 Å². The first-order chi connectivity index (χ1) is 8.20. The van der Waals surface area contributed by atoms with Gasteiger partial charge in [-0.25, -0.2) is 0 Å². The van der Waals surface area contributed by atoms with Crippen molar-refractivity contribution >= 4 is 11.8 Å². The molecule has 1 saturated heterocycles. The summed E-state index contributed by atoms with van der Waals surface area (Å²) in [6.45, 7) is 0.116. The first kappa shape index (κ1) is 14.7. The highest BCUT2D eigenvalue weighted by atomic mass is 19.4. The van der Waals surface area contributed by atoms with Gasteiger partial charge in [-0.1, -0.05) is 6.92 Å². The molecule has 0 radical (unpaired) electrons. The topological polar surface area (TPSA) is 72.6 Å². The first-order valence-electron chi connectivity index (χ1n) is 5.42. The Morgan fingerprint density at radius 3 is 2.44 bits per heavy atom. The van der Waals surface area contributed by atoms with Crippen LogP contribution in [-0.4, -0.2) is 49.2 Å². The van der Waals surface area contributed by atoms with E-state index in [0.29, 0.717) is 6.54 Å². The zero-order valence-electron chi connectivity index (χ0n) is 9.87. The standard InChI is InChI=1S/C10H15F3N2O3/c1-6-2-15(3-7(6)9(14)17)8(16)4-18-5-10(11,12)13/h6-7H,2-5H2,1H3,(H2,14,17)/t6-,7-/m1/s1. The van der Waals surface area contributed by atoms with E-state index in [2.05, 4.69) is 4.74 Å². The van der Waals surface area contributed by atoms with Crippen molar-refractivity contribution in [3.05, 3.63) is 0 Å². The second kappa shape index (κ2) is 5.55. The Morgan fingerprint density at radius 2 is 2.00 bits per heavy atom. The smallest absolute Gasteiger partial charge is 0.369 e. The Morgan fingerprint density at radius 1 is 1.39 bits per heavy atom. The predicted octanol–water partition coefficient (Wildman–Crippen LogP) is 0.145. The number of amides is 2. The molecule has 1 aliphatic rings. The molecule has 1 heterocycles. The summed E-state index contributed by atoms with van der Waals surface area (Å²) < 4.78 is 39.7. The minimum atomic E-state index is -4.45. The summed E-state index contributed by atoms with van der Waals surface area (Å²) in [5.41, 5.74) is 5.15. The second-order valence-corrected chi connectivity index (χ2v) is 4.39. The van der Waals surface area contributed by atoms with Crippen molar-refractivity contribution in [2.75, 3.05) is 26.3 Å². The highest BCUT2D eigenvalue weighted by Crippen LogP contribution is 2.22.